The average molecular weight is 419 g/mol. The van der Waals surface area contributed by atoms with Crippen LogP contribution in [0.2, 0.25) is 0 Å². The second-order valence-corrected chi connectivity index (χ2v) is 7.53. The first-order chi connectivity index (χ1) is 15.1. The predicted octanol–water partition coefficient (Wildman–Crippen LogP) is 2.51. The van der Waals surface area contributed by atoms with Gasteiger partial charge in [0.1, 0.15) is 5.82 Å². The molecule has 0 unspecified atom stereocenters. The van der Waals surface area contributed by atoms with E-state index in [4.69, 9.17) is 9.47 Å². The largest absolute Gasteiger partial charge is 0.493 e. The van der Waals surface area contributed by atoms with Crippen molar-refractivity contribution in [3.8, 4) is 11.5 Å². The number of H-pyrrole nitrogens is 1. The third-order valence-electron chi connectivity index (χ3n) is 5.49. The van der Waals surface area contributed by atoms with Gasteiger partial charge in [-0.2, -0.15) is 0 Å². The number of carbonyl (C=O) groups excluding carboxylic acids is 1. The van der Waals surface area contributed by atoms with Crippen molar-refractivity contribution >= 4 is 5.91 Å². The first kappa shape index (κ1) is 20.7. The van der Waals surface area contributed by atoms with Gasteiger partial charge in [-0.05, 0) is 23.3 Å². The quantitative estimate of drug-likeness (QED) is 0.664. The number of nitrogens with one attached hydrogen (secondary N) is 1. The van der Waals surface area contributed by atoms with Gasteiger partial charge < -0.3 is 19.4 Å². The van der Waals surface area contributed by atoms with Gasteiger partial charge >= 0.3 is 0 Å². The van der Waals surface area contributed by atoms with Gasteiger partial charge in [-0.1, -0.05) is 36.4 Å². The molecule has 2 heterocycles. The monoisotopic (exact) mass is 419 g/mol. The lowest BCUT2D eigenvalue weighted by Crippen LogP contribution is -2.40. The smallest absolute Gasteiger partial charge is 0.256 e. The number of methoxy groups -OCH3 is 2. The van der Waals surface area contributed by atoms with Crippen molar-refractivity contribution in [2.24, 2.45) is 0 Å². The van der Waals surface area contributed by atoms with E-state index in [1.54, 1.807) is 19.1 Å². The summed E-state index contributed by atoms with van der Waals surface area (Å²) in [4.78, 5) is 34.7. The van der Waals surface area contributed by atoms with Crippen molar-refractivity contribution in [2.45, 2.75) is 25.8 Å². The Hall–Kier alpha value is -3.61. The molecule has 0 saturated heterocycles. The first-order valence-electron chi connectivity index (χ1n) is 10.2. The number of rotatable bonds is 6. The lowest BCUT2D eigenvalue weighted by molar-refractivity contribution is -0.131. The third-order valence-corrected chi connectivity index (χ3v) is 5.49. The predicted molar refractivity (Wildman–Crippen MR) is 116 cm³/mol. The summed E-state index contributed by atoms with van der Waals surface area (Å²) in [6.45, 7) is 0.852. The van der Waals surface area contributed by atoms with Crippen LogP contribution >= 0.6 is 0 Å². The van der Waals surface area contributed by atoms with Gasteiger partial charge in [-0.15, -0.1) is 0 Å². The van der Waals surface area contributed by atoms with E-state index in [1.807, 2.05) is 48.5 Å². The normalized spacial score (nSPS) is 12.9. The molecular weight excluding hydrogens is 394 g/mol. The minimum Gasteiger partial charge on any atom is -0.493 e. The van der Waals surface area contributed by atoms with Crippen molar-refractivity contribution in [1.29, 1.82) is 0 Å². The first-order valence-corrected chi connectivity index (χ1v) is 10.2. The number of carbonyl (C=O) groups is 1. The molecule has 7 heteroatoms. The number of nitrogens with zero attached hydrogens (tertiary/aromatic N) is 2. The number of benzene rings is 2. The van der Waals surface area contributed by atoms with E-state index in [-0.39, 0.29) is 11.5 Å². The summed E-state index contributed by atoms with van der Waals surface area (Å²) >= 11 is 0. The van der Waals surface area contributed by atoms with Gasteiger partial charge in [-0.3, -0.25) is 9.59 Å². The van der Waals surface area contributed by atoms with Crippen LogP contribution in [0.4, 0.5) is 0 Å². The summed E-state index contributed by atoms with van der Waals surface area (Å²) in [5.74, 6) is 1.90. The summed E-state index contributed by atoms with van der Waals surface area (Å²) < 4.78 is 10.6. The highest BCUT2D eigenvalue weighted by molar-refractivity contribution is 5.79. The highest BCUT2D eigenvalue weighted by Gasteiger charge is 2.24. The van der Waals surface area contributed by atoms with Gasteiger partial charge in [0.2, 0.25) is 5.91 Å². The van der Waals surface area contributed by atoms with E-state index >= 15 is 0 Å². The summed E-state index contributed by atoms with van der Waals surface area (Å²) in [6, 6.07) is 15.3. The van der Waals surface area contributed by atoms with Crippen LogP contribution in [0.3, 0.4) is 0 Å². The van der Waals surface area contributed by atoms with E-state index in [1.165, 1.54) is 0 Å². The van der Waals surface area contributed by atoms with Crippen LogP contribution in [0.15, 0.2) is 53.3 Å². The Morgan fingerprint density at radius 3 is 2.58 bits per heavy atom. The molecule has 0 atom stereocenters. The molecule has 0 spiro atoms. The second kappa shape index (κ2) is 9.04. The number of aromatic amines is 1. The average Bonchev–Trinajstić information content (AvgIpc) is 2.79. The minimum atomic E-state index is -0.183. The number of amides is 1. The van der Waals surface area contributed by atoms with E-state index in [2.05, 4.69) is 9.97 Å². The van der Waals surface area contributed by atoms with Gasteiger partial charge in [0, 0.05) is 19.4 Å². The maximum atomic E-state index is 12.7. The molecular formula is C24H25N3O4. The molecule has 160 valence electrons. The van der Waals surface area contributed by atoms with Crippen LogP contribution in [-0.4, -0.2) is 41.5 Å². The van der Waals surface area contributed by atoms with Crippen molar-refractivity contribution in [3.63, 3.8) is 0 Å². The number of fused-ring (bicyclic) bond motifs is 1. The van der Waals surface area contributed by atoms with Crippen molar-refractivity contribution in [1.82, 2.24) is 14.9 Å². The van der Waals surface area contributed by atoms with Crippen LogP contribution < -0.4 is 15.0 Å². The van der Waals surface area contributed by atoms with Crippen molar-refractivity contribution in [2.75, 3.05) is 20.8 Å². The standard InChI is InChI=1S/C24H25N3O4/c1-30-20-9-8-17(12-21(20)31-2)13-22-25-19-10-11-27(15-18(19)24(29)26-22)23(28)14-16-6-4-3-5-7-16/h3-9,12H,10-11,13-15H2,1-2H3,(H,25,26,29). The Bertz CT molecular complexity index is 1140. The number of ether oxygens (including phenoxy) is 2. The van der Waals surface area contributed by atoms with Gasteiger partial charge in [-0.25, -0.2) is 4.98 Å². The zero-order chi connectivity index (χ0) is 21.8. The zero-order valence-corrected chi connectivity index (χ0v) is 17.7. The van der Waals surface area contributed by atoms with E-state index in [9.17, 15) is 9.59 Å². The minimum absolute atomic E-state index is 0.0191. The van der Waals surface area contributed by atoms with Crippen molar-refractivity contribution < 1.29 is 14.3 Å². The number of hydrogen-bond acceptors (Lipinski definition) is 5. The molecule has 4 rings (SSSR count). The Morgan fingerprint density at radius 1 is 1.06 bits per heavy atom. The molecule has 1 aromatic heterocycles. The summed E-state index contributed by atoms with van der Waals surface area (Å²) in [5.41, 5.74) is 3.08. The van der Waals surface area contributed by atoms with Gasteiger partial charge in [0.05, 0.1) is 38.4 Å². The van der Waals surface area contributed by atoms with Crippen LogP contribution in [-0.2, 0) is 30.6 Å². The molecule has 1 aliphatic heterocycles. The van der Waals surface area contributed by atoms with Crippen LogP contribution in [0.25, 0.3) is 0 Å². The zero-order valence-electron chi connectivity index (χ0n) is 17.7. The Labute approximate surface area is 180 Å². The fourth-order valence-corrected chi connectivity index (χ4v) is 3.84. The fraction of sp³-hybridized carbons (Fsp3) is 0.292. The highest BCUT2D eigenvalue weighted by atomic mass is 16.5. The molecule has 1 amide bonds. The molecule has 1 N–H and O–H groups in total. The molecule has 7 nitrogen and oxygen atoms in total. The fourth-order valence-electron chi connectivity index (χ4n) is 3.84. The molecule has 2 aromatic carbocycles. The Kier molecular flexibility index (Phi) is 6.02. The van der Waals surface area contributed by atoms with Crippen LogP contribution in [0.5, 0.6) is 11.5 Å². The molecule has 31 heavy (non-hydrogen) atoms. The van der Waals surface area contributed by atoms with Gasteiger partial charge in [0.25, 0.3) is 5.56 Å². The molecule has 1 aliphatic rings. The molecule has 3 aromatic rings. The van der Waals surface area contributed by atoms with E-state index in [0.717, 1.165) is 16.8 Å². The van der Waals surface area contributed by atoms with E-state index in [0.29, 0.717) is 55.2 Å². The molecule has 0 bridgehead atoms. The summed E-state index contributed by atoms with van der Waals surface area (Å²) in [7, 11) is 3.18. The molecule has 0 saturated carbocycles. The van der Waals surface area contributed by atoms with Crippen LogP contribution in [0, 0.1) is 0 Å². The van der Waals surface area contributed by atoms with Crippen molar-refractivity contribution in [3.05, 3.63) is 87.1 Å². The number of hydrogen-bond donors (Lipinski definition) is 1. The SMILES string of the molecule is COc1ccc(Cc2nc3c(c(=O)[nH]2)CN(C(=O)Cc2ccccc2)CC3)cc1OC. The topological polar surface area (TPSA) is 84.5 Å². The second-order valence-electron chi connectivity index (χ2n) is 7.53. The number of aromatic nitrogens is 2. The van der Waals surface area contributed by atoms with E-state index < -0.39 is 0 Å². The maximum Gasteiger partial charge on any atom is 0.256 e. The maximum absolute atomic E-state index is 12.7. The summed E-state index contributed by atoms with van der Waals surface area (Å²) in [6.07, 6.45) is 1.37. The lowest BCUT2D eigenvalue weighted by Gasteiger charge is -2.28. The van der Waals surface area contributed by atoms with Gasteiger partial charge in [0.15, 0.2) is 11.5 Å². The molecule has 0 aliphatic carbocycles. The Morgan fingerprint density at radius 2 is 1.84 bits per heavy atom. The Balaban J connectivity index is 1.49. The highest BCUT2D eigenvalue weighted by Crippen LogP contribution is 2.28. The molecule has 0 radical (unpaired) electrons. The third kappa shape index (κ3) is 4.60. The summed E-state index contributed by atoms with van der Waals surface area (Å²) in [5, 5.41) is 0. The molecule has 0 fully saturated rings. The van der Waals surface area contributed by atoms with Crippen LogP contribution in [0.1, 0.15) is 28.2 Å². The lowest BCUT2D eigenvalue weighted by atomic mass is 10.0.